The average Bonchev–Trinajstić information content (AvgIpc) is 2.56. The lowest BCUT2D eigenvalue weighted by atomic mass is 10.1. The standard InChI is InChI=1S/C17H23N5O2/c1-21(2)15-11-14(20-13-8-6-5-7-12(13)15)16(23)18-9-10-19-17(24)22(3)4/h5-8,11H,9-10H2,1-4H3,(H,18,23)(H,19,24). The molecule has 0 aliphatic heterocycles. The molecule has 128 valence electrons. The van der Waals surface area contributed by atoms with Gasteiger partial charge in [0.1, 0.15) is 5.69 Å². The van der Waals surface area contributed by atoms with Crippen LogP contribution >= 0.6 is 0 Å². The predicted octanol–water partition coefficient (Wildman–Crippen LogP) is 1.30. The fourth-order valence-electron chi connectivity index (χ4n) is 2.24. The molecule has 24 heavy (non-hydrogen) atoms. The lowest BCUT2D eigenvalue weighted by molar-refractivity contribution is 0.0949. The lowest BCUT2D eigenvalue weighted by Gasteiger charge is -2.17. The highest BCUT2D eigenvalue weighted by Gasteiger charge is 2.13. The summed E-state index contributed by atoms with van der Waals surface area (Å²) < 4.78 is 0. The molecule has 2 rings (SSSR count). The molecule has 0 saturated carbocycles. The summed E-state index contributed by atoms with van der Waals surface area (Å²) in [7, 11) is 7.19. The second-order valence-electron chi connectivity index (χ2n) is 5.82. The predicted molar refractivity (Wildman–Crippen MR) is 95.5 cm³/mol. The molecule has 0 aliphatic carbocycles. The molecule has 0 fully saturated rings. The van der Waals surface area contributed by atoms with Gasteiger partial charge in [0.2, 0.25) is 0 Å². The lowest BCUT2D eigenvalue weighted by Crippen LogP contribution is -2.39. The summed E-state index contributed by atoms with van der Waals surface area (Å²) in [4.78, 5) is 31.6. The van der Waals surface area contributed by atoms with Gasteiger partial charge < -0.3 is 20.4 Å². The number of hydrogen-bond donors (Lipinski definition) is 2. The van der Waals surface area contributed by atoms with E-state index in [9.17, 15) is 9.59 Å². The molecule has 0 aliphatic rings. The monoisotopic (exact) mass is 329 g/mol. The molecule has 7 heteroatoms. The number of rotatable bonds is 5. The number of carbonyl (C=O) groups excluding carboxylic acids is 2. The molecule has 2 N–H and O–H groups in total. The third-order valence-electron chi connectivity index (χ3n) is 3.50. The number of amides is 3. The number of aromatic nitrogens is 1. The van der Waals surface area contributed by atoms with Crippen molar-refractivity contribution < 1.29 is 9.59 Å². The van der Waals surface area contributed by atoms with Crippen LogP contribution in [0.3, 0.4) is 0 Å². The fraction of sp³-hybridized carbons (Fsp3) is 0.353. The fourth-order valence-corrected chi connectivity index (χ4v) is 2.24. The van der Waals surface area contributed by atoms with E-state index >= 15 is 0 Å². The second-order valence-corrected chi connectivity index (χ2v) is 5.82. The molecule has 3 amide bonds. The maximum Gasteiger partial charge on any atom is 0.316 e. The summed E-state index contributed by atoms with van der Waals surface area (Å²) in [6, 6.07) is 9.29. The Hall–Kier alpha value is -2.83. The Morgan fingerprint density at radius 2 is 1.71 bits per heavy atom. The molecule has 1 aromatic carbocycles. The maximum atomic E-state index is 12.3. The Bertz CT molecular complexity index is 743. The van der Waals surface area contributed by atoms with E-state index < -0.39 is 0 Å². The van der Waals surface area contributed by atoms with Crippen LogP contribution in [0.1, 0.15) is 10.5 Å². The number of fused-ring (bicyclic) bond motifs is 1. The quantitative estimate of drug-likeness (QED) is 0.811. The van der Waals surface area contributed by atoms with Crippen molar-refractivity contribution in [1.29, 1.82) is 0 Å². The van der Waals surface area contributed by atoms with Crippen molar-refractivity contribution in [2.45, 2.75) is 0 Å². The van der Waals surface area contributed by atoms with E-state index in [2.05, 4.69) is 15.6 Å². The largest absolute Gasteiger partial charge is 0.377 e. The molecule has 0 atom stereocenters. The van der Waals surface area contributed by atoms with Gasteiger partial charge in [0.25, 0.3) is 5.91 Å². The van der Waals surface area contributed by atoms with E-state index in [1.54, 1.807) is 20.2 Å². The van der Waals surface area contributed by atoms with Crippen LogP contribution in [0.5, 0.6) is 0 Å². The van der Waals surface area contributed by atoms with Crippen molar-refractivity contribution in [2.75, 3.05) is 46.2 Å². The summed E-state index contributed by atoms with van der Waals surface area (Å²) in [6.07, 6.45) is 0. The van der Waals surface area contributed by atoms with Crippen molar-refractivity contribution in [3.63, 3.8) is 0 Å². The number of urea groups is 1. The molecule has 0 radical (unpaired) electrons. The molecule has 0 saturated heterocycles. The summed E-state index contributed by atoms with van der Waals surface area (Å²) >= 11 is 0. The number of hydrogen-bond acceptors (Lipinski definition) is 4. The zero-order valence-electron chi connectivity index (χ0n) is 14.5. The SMILES string of the molecule is CN(C)C(=O)NCCNC(=O)c1cc(N(C)C)c2ccccc2n1. The van der Waals surface area contributed by atoms with E-state index in [0.29, 0.717) is 18.8 Å². The van der Waals surface area contributed by atoms with Crippen molar-refractivity contribution in [3.8, 4) is 0 Å². The maximum absolute atomic E-state index is 12.3. The third-order valence-corrected chi connectivity index (χ3v) is 3.50. The van der Waals surface area contributed by atoms with Crippen molar-refractivity contribution in [2.24, 2.45) is 0 Å². The van der Waals surface area contributed by atoms with Gasteiger partial charge in [-0.2, -0.15) is 0 Å². The van der Waals surface area contributed by atoms with Crippen molar-refractivity contribution in [1.82, 2.24) is 20.5 Å². The molecular formula is C17H23N5O2. The number of para-hydroxylation sites is 1. The van der Waals surface area contributed by atoms with Crippen LogP contribution in [0, 0.1) is 0 Å². The average molecular weight is 329 g/mol. The van der Waals surface area contributed by atoms with Crippen LogP contribution < -0.4 is 15.5 Å². The van der Waals surface area contributed by atoms with Gasteiger partial charge in [-0.15, -0.1) is 0 Å². The van der Waals surface area contributed by atoms with Crippen LogP contribution in [-0.2, 0) is 0 Å². The summed E-state index contributed by atoms with van der Waals surface area (Å²) in [5.74, 6) is -0.261. The van der Waals surface area contributed by atoms with E-state index in [0.717, 1.165) is 16.6 Å². The molecule has 0 bridgehead atoms. The molecular weight excluding hydrogens is 306 g/mol. The van der Waals surface area contributed by atoms with Gasteiger partial charge in [-0.25, -0.2) is 9.78 Å². The highest BCUT2D eigenvalue weighted by Crippen LogP contribution is 2.25. The summed E-state index contributed by atoms with van der Waals surface area (Å²) in [6.45, 7) is 0.696. The number of nitrogens with one attached hydrogen (secondary N) is 2. The van der Waals surface area contributed by atoms with E-state index in [4.69, 9.17) is 0 Å². The first kappa shape index (κ1) is 17.5. The highest BCUT2D eigenvalue weighted by atomic mass is 16.2. The van der Waals surface area contributed by atoms with Crippen molar-refractivity contribution in [3.05, 3.63) is 36.0 Å². The molecule has 2 aromatic rings. The Morgan fingerprint density at radius 3 is 2.38 bits per heavy atom. The van der Waals surface area contributed by atoms with Crippen LogP contribution in [0.15, 0.2) is 30.3 Å². The second kappa shape index (κ2) is 7.63. The number of carbonyl (C=O) groups is 2. The Morgan fingerprint density at radius 1 is 1.04 bits per heavy atom. The van der Waals surface area contributed by atoms with Crippen LogP contribution in [0.25, 0.3) is 10.9 Å². The Balaban J connectivity index is 2.08. The number of pyridine rings is 1. The zero-order valence-corrected chi connectivity index (χ0v) is 14.5. The highest BCUT2D eigenvalue weighted by molar-refractivity contribution is 5.99. The summed E-state index contributed by atoms with van der Waals surface area (Å²) in [5, 5.41) is 6.46. The third kappa shape index (κ3) is 4.13. The van der Waals surface area contributed by atoms with Crippen molar-refractivity contribution >= 4 is 28.5 Å². The molecule has 1 heterocycles. The van der Waals surface area contributed by atoms with Gasteiger partial charge in [-0.1, -0.05) is 18.2 Å². The minimum Gasteiger partial charge on any atom is -0.377 e. The van der Waals surface area contributed by atoms with E-state index in [-0.39, 0.29) is 11.9 Å². The number of benzene rings is 1. The number of anilines is 1. The summed E-state index contributed by atoms with van der Waals surface area (Å²) in [5.41, 5.74) is 2.07. The van der Waals surface area contributed by atoms with Crippen LogP contribution in [-0.4, -0.2) is 63.1 Å². The number of nitrogens with zero attached hydrogens (tertiary/aromatic N) is 3. The molecule has 0 spiro atoms. The van der Waals surface area contributed by atoms with Gasteiger partial charge in [0.05, 0.1) is 5.52 Å². The van der Waals surface area contributed by atoms with Gasteiger partial charge in [-0.3, -0.25) is 4.79 Å². The van der Waals surface area contributed by atoms with E-state index in [1.807, 2.05) is 43.3 Å². The first-order valence-electron chi connectivity index (χ1n) is 7.70. The molecule has 1 aromatic heterocycles. The molecule has 0 unspecified atom stereocenters. The molecule has 7 nitrogen and oxygen atoms in total. The van der Waals surface area contributed by atoms with Gasteiger partial charge in [0.15, 0.2) is 0 Å². The van der Waals surface area contributed by atoms with Crippen LogP contribution in [0.4, 0.5) is 10.5 Å². The minimum absolute atomic E-state index is 0.192. The minimum atomic E-state index is -0.261. The van der Waals surface area contributed by atoms with Gasteiger partial charge in [0, 0.05) is 52.4 Å². The first-order chi connectivity index (χ1) is 11.4. The normalized spacial score (nSPS) is 10.3. The topological polar surface area (TPSA) is 77.6 Å². The zero-order chi connectivity index (χ0) is 17.7. The van der Waals surface area contributed by atoms with Gasteiger partial charge in [-0.05, 0) is 12.1 Å². The Kier molecular flexibility index (Phi) is 5.57. The Labute approximate surface area is 141 Å². The van der Waals surface area contributed by atoms with Crippen LogP contribution in [0.2, 0.25) is 0 Å². The van der Waals surface area contributed by atoms with E-state index in [1.165, 1.54) is 4.90 Å². The van der Waals surface area contributed by atoms with Gasteiger partial charge >= 0.3 is 6.03 Å². The smallest absolute Gasteiger partial charge is 0.316 e. The first-order valence-corrected chi connectivity index (χ1v) is 7.70.